The summed E-state index contributed by atoms with van der Waals surface area (Å²) < 4.78 is 0. The number of hydrogen-bond donors (Lipinski definition) is 2. The van der Waals surface area contributed by atoms with Crippen molar-refractivity contribution in [2.75, 3.05) is 44.6 Å². The molecule has 0 aliphatic carbocycles. The highest BCUT2D eigenvalue weighted by Gasteiger charge is 2.30. The summed E-state index contributed by atoms with van der Waals surface area (Å²) in [7, 11) is 0. The molecule has 3 amide bonds. The van der Waals surface area contributed by atoms with Gasteiger partial charge in [-0.15, -0.1) is 10.2 Å². The van der Waals surface area contributed by atoms with Crippen LogP contribution in [-0.2, 0) is 4.79 Å². The number of rotatable bonds is 7. The third-order valence-electron chi connectivity index (χ3n) is 5.96. The van der Waals surface area contributed by atoms with E-state index in [1.165, 1.54) is 12.8 Å². The average molecular weight is 491 g/mol. The van der Waals surface area contributed by atoms with Crippen molar-refractivity contribution < 1.29 is 14.4 Å². The van der Waals surface area contributed by atoms with E-state index in [4.69, 9.17) is 11.6 Å². The van der Waals surface area contributed by atoms with Crippen LogP contribution in [0.3, 0.4) is 0 Å². The fourth-order valence-corrected chi connectivity index (χ4v) is 5.02. The number of nitrogens with zero attached hydrogens (tertiary/aromatic N) is 4. The second kappa shape index (κ2) is 11.0. The van der Waals surface area contributed by atoms with E-state index in [1.807, 2.05) is 0 Å². The second-order valence-electron chi connectivity index (χ2n) is 8.28. The summed E-state index contributed by atoms with van der Waals surface area (Å²) in [6.45, 7) is 4.76. The fourth-order valence-electron chi connectivity index (χ4n) is 4.12. The number of aromatic nitrogens is 2. The molecule has 0 unspecified atom stereocenters. The van der Waals surface area contributed by atoms with Crippen molar-refractivity contribution in [1.29, 1.82) is 0 Å². The molecule has 9 nitrogen and oxygen atoms in total. The zero-order valence-corrected chi connectivity index (χ0v) is 19.8. The van der Waals surface area contributed by atoms with Crippen molar-refractivity contribution in [1.82, 2.24) is 25.3 Å². The minimum atomic E-state index is -0.446. The molecular formula is C22H27ClN6O3S. The van der Waals surface area contributed by atoms with Crippen LogP contribution in [0.25, 0.3) is 0 Å². The van der Waals surface area contributed by atoms with Crippen LogP contribution in [0.2, 0.25) is 5.02 Å². The van der Waals surface area contributed by atoms with Gasteiger partial charge in [0.1, 0.15) is 0 Å². The van der Waals surface area contributed by atoms with Gasteiger partial charge in [0.25, 0.3) is 11.8 Å². The van der Waals surface area contributed by atoms with Crippen LogP contribution >= 0.6 is 22.9 Å². The topological polar surface area (TPSA) is 108 Å². The highest BCUT2D eigenvalue weighted by molar-refractivity contribution is 7.15. The molecule has 0 spiro atoms. The van der Waals surface area contributed by atoms with E-state index in [0.29, 0.717) is 43.2 Å². The third kappa shape index (κ3) is 6.27. The molecule has 0 saturated carbocycles. The van der Waals surface area contributed by atoms with Gasteiger partial charge in [0.05, 0.1) is 0 Å². The molecule has 0 atom stereocenters. The summed E-state index contributed by atoms with van der Waals surface area (Å²) in [6.07, 6.45) is 3.70. The van der Waals surface area contributed by atoms with Crippen LogP contribution in [0, 0.1) is 5.92 Å². The largest absolute Gasteiger partial charge is 0.355 e. The van der Waals surface area contributed by atoms with Gasteiger partial charge < -0.3 is 20.4 Å². The maximum Gasteiger partial charge on any atom is 0.286 e. The average Bonchev–Trinajstić information content (AvgIpc) is 3.51. The number of benzene rings is 1. The molecule has 176 valence electrons. The molecule has 33 heavy (non-hydrogen) atoms. The molecule has 2 aliphatic heterocycles. The number of anilines is 1. The normalized spacial score (nSPS) is 17.2. The van der Waals surface area contributed by atoms with Gasteiger partial charge in [-0.3, -0.25) is 14.4 Å². The highest BCUT2D eigenvalue weighted by Crippen LogP contribution is 2.22. The summed E-state index contributed by atoms with van der Waals surface area (Å²) in [4.78, 5) is 41.7. The van der Waals surface area contributed by atoms with Crippen LogP contribution in [0.1, 0.15) is 45.3 Å². The van der Waals surface area contributed by atoms with Crippen LogP contribution < -0.4 is 10.6 Å². The zero-order chi connectivity index (χ0) is 23.2. The lowest BCUT2D eigenvalue weighted by Gasteiger charge is -2.30. The molecule has 2 saturated heterocycles. The number of likely N-dealkylation sites (tertiary alicyclic amines) is 2. The highest BCUT2D eigenvalue weighted by atomic mass is 35.5. The molecule has 1 aromatic carbocycles. The number of amides is 3. The van der Waals surface area contributed by atoms with Gasteiger partial charge in [0.2, 0.25) is 15.9 Å². The van der Waals surface area contributed by atoms with Gasteiger partial charge in [-0.1, -0.05) is 29.0 Å². The number of piperidine rings is 1. The van der Waals surface area contributed by atoms with E-state index in [1.54, 1.807) is 29.2 Å². The third-order valence-corrected chi connectivity index (χ3v) is 7.11. The van der Waals surface area contributed by atoms with E-state index in [2.05, 4.69) is 25.7 Å². The molecule has 11 heteroatoms. The first-order valence-corrected chi connectivity index (χ1v) is 12.4. The summed E-state index contributed by atoms with van der Waals surface area (Å²) in [5, 5.41) is 14.3. The molecule has 1 aromatic heterocycles. The Hall–Kier alpha value is -2.56. The molecule has 0 bridgehead atoms. The second-order valence-corrected chi connectivity index (χ2v) is 9.70. The van der Waals surface area contributed by atoms with E-state index in [-0.39, 0.29) is 27.7 Å². The van der Waals surface area contributed by atoms with Crippen molar-refractivity contribution in [2.24, 2.45) is 5.92 Å². The van der Waals surface area contributed by atoms with Crippen LogP contribution in [0.15, 0.2) is 24.3 Å². The van der Waals surface area contributed by atoms with Gasteiger partial charge >= 0.3 is 0 Å². The SMILES string of the molecule is O=C(Nc1cccc(Cl)c1)c1nnc(C(=O)N2CCC(C(=O)NCCN3CCCC3)CC2)s1. The fraction of sp³-hybridized carbons (Fsp3) is 0.500. The van der Waals surface area contributed by atoms with Crippen LogP contribution in [0.4, 0.5) is 5.69 Å². The maximum absolute atomic E-state index is 12.8. The number of nitrogens with one attached hydrogen (secondary N) is 2. The van der Waals surface area contributed by atoms with Crippen molar-refractivity contribution in [3.8, 4) is 0 Å². The van der Waals surface area contributed by atoms with Gasteiger partial charge in [0, 0.05) is 42.8 Å². The molecule has 2 aliphatic rings. The summed E-state index contributed by atoms with van der Waals surface area (Å²) in [6, 6.07) is 6.77. The van der Waals surface area contributed by atoms with Crippen LogP contribution in [0.5, 0.6) is 0 Å². The molecule has 2 N–H and O–H groups in total. The molecule has 4 rings (SSSR count). The predicted octanol–water partition coefficient (Wildman–Crippen LogP) is 2.51. The smallest absolute Gasteiger partial charge is 0.286 e. The van der Waals surface area contributed by atoms with E-state index in [9.17, 15) is 14.4 Å². The lowest BCUT2D eigenvalue weighted by molar-refractivity contribution is -0.126. The van der Waals surface area contributed by atoms with E-state index in [0.717, 1.165) is 31.0 Å². The first-order chi connectivity index (χ1) is 16.0. The van der Waals surface area contributed by atoms with E-state index < -0.39 is 5.91 Å². The van der Waals surface area contributed by atoms with E-state index >= 15 is 0 Å². The molecular weight excluding hydrogens is 464 g/mol. The first kappa shape index (κ1) is 23.6. The van der Waals surface area contributed by atoms with Crippen molar-refractivity contribution in [3.63, 3.8) is 0 Å². The van der Waals surface area contributed by atoms with Gasteiger partial charge in [0.15, 0.2) is 0 Å². The number of hydrogen-bond acceptors (Lipinski definition) is 7. The zero-order valence-electron chi connectivity index (χ0n) is 18.3. The molecule has 3 heterocycles. The standard InChI is InChI=1S/C22H27ClN6O3S/c23-16-4-3-5-17(14-16)25-19(31)20-26-27-21(33-20)22(32)29-11-6-15(7-12-29)18(30)24-8-13-28-9-1-2-10-28/h3-5,14-15H,1-2,6-13H2,(H,24,30)(H,25,31). The van der Waals surface area contributed by atoms with Crippen LogP contribution in [-0.4, -0.2) is 77.0 Å². The Morgan fingerprint density at radius 2 is 1.79 bits per heavy atom. The monoisotopic (exact) mass is 490 g/mol. The Morgan fingerprint density at radius 3 is 2.52 bits per heavy atom. The summed E-state index contributed by atoms with van der Waals surface area (Å²) in [5.41, 5.74) is 0.538. The Labute approximate surface area is 201 Å². The number of carbonyl (C=O) groups excluding carboxylic acids is 3. The summed E-state index contributed by atoms with van der Waals surface area (Å²) >= 11 is 6.89. The lowest BCUT2D eigenvalue weighted by atomic mass is 9.96. The quantitative estimate of drug-likeness (QED) is 0.617. The minimum Gasteiger partial charge on any atom is -0.355 e. The number of halogens is 1. The lowest BCUT2D eigenvalue weighted by Crippen LogP contribution is -2.44. The Balaban J connectivity index is 1.23. The van der Waals surface area contributed by atoms with Crippen molar-refractivity contribution in [3.05, 3.63) is 39.3 Å². The maximum atomic E-state index is 12.8. The predicted molar refractivity (Wildman–Crippen MR) is 127 cm³/mol. The Morgan fingerprint density at radius 1 is 1.06 bits per heavy atom. The molecule has 0 radical (unpaired) electrons. The van der Waals surface area contributed by atoms with Gasteiger partial charge in [-0.25, -0.2) is 0 Å². The molecule has 2 aromatic rings. The van der Waals surface area contributed by atoms with Gasteiger partial charge in [-0.05, 0) is 57.0 Å². The molecule has 2 fully saturated rings. The van der Waals surface area contributed by atoms with Crippen molar-refractivity contribution in [2.45, 2.75) is 25.7 Å². The first-order valence-electron chi connectivity index (χ1n) is 11.2. The minimum absolute atomic E-state index is 0.0668. The Bertz CT molecular complexity index is 1000. The Kier molecular flexibility index (Phi) is 7.89. The number of carbonyl (C=O) groups is 3. The summed E-state index contributed by atoms with van der Waals surface area (Å²) in [5.74, 6) is -0.724. The van der Waals surface area contributed by atoms with Gasteiger partial charge in [-0.2, -0.15) is 0 Å². The van der Waals surface area contributed by atoms with Crippen molar-refractivity contribution >= 4 is 46.3 Å².